The summed E-state index contributed by atoms with van der Waals surface area (Å²) in [6, 6.07) is 7.02. The number of halogens is 2. The number of carbonyl (C=O) groups is 1. The number of benzene rings is 2. The first kappa shape index (κ1) is 22.1. The Morgan fingerprint density at radius 3 is 2.29 bits per heavy atom. The van der Waals surface area contributed by atoms with Crippen molar-refractivity contribution in [3.63, 3.8) is 0 Å². The number of nitrogens with zero attached hydrogens (tertiary/aromatic N) is 1. The summed E-state index contributed by atoms with van der Waals surface area (Å²) in [5.41, 5.74) is -0.247. The van der Waals surface area contributed by atoms with Gasteiger partial charge in [-0.05, 0) is 36.4 Å². The van der Waals surface area contributed by atoms with Crippen molar-refractivity contribution >= 4 is 48.9 Å². The number of nitrogens with one attached hydrogen (secondary N) is 2. The number of hydrogen-bond donors (Lipinski definition) is 2. The fourth-order valence-electron chi connectivity index (χ4n) is 2.12. The van der Waals surface area contributed by atoms with Crippen LogP contribution in [0.25, 0.3) is 0 Å². The second-order valence-electron chi connectivity index (χ2n) is 5.96. The zero-order valence-electron chi connectivity index (χ0n) is 15.0. The van der Waals surface area contributed by atoms with Crippen LogP contribution in [0.3, 0.4) is 0 Å². The lowest BCUT2D eigenvalue weighted by Crippen LogP contribution is -2.23. The van der Waals surface area contributed by atoms with Gasteiger partial charge in [-0.1, -0.05) is 11.6 Å². The van der Waals surface area contributed by atoms with E-state index in [1.54, 1.807) is 0 Å². The Kier molecular flexibility index (Phi) is 6.34. The molecule has 2 N–H and O–H groups in total. The molecule has 0 heterocycles. The fourth-order valence-corrected chi connectivity index (χ4v) is 4.07. The van der Waals surface area contributed by atoms with Gasteiger partial charge >= 0.3 is 0 Å². The SMILES string of the molecule is CN(C)S(=O)(=O)c1cc(C(=O)Nc2ccc(F)c(NS(C)(=O)=O)c2)ccc1Cl. The summed E-state index contributed by atoms with van der Waals surface area (Å²) in [6.45, 7) is 0. The van der Waals surface area contributed by atoms with Gasteiger partial charge in [0.15, 0.2) is 0 Å². The van der Waals surface area contributed by atoms with Crippen LogP contribution in [-0.2, 0) is 20.0 Å². The molecule has 0 aliphatic rings. The van der Waals surface area contributed by atoms with Crippen LogP contribution in [0.4, 0.5) is 15.8 Å². The molecule has 0 radical (unpaired) electrons. The Labute approximate surface area is 167 Å². The predicted molar refractivity (Wildman–Crippen MR) is 105 cm³/mol. The number of carbonyl (C=O) groups excluding carboxylic acids is 1. The Morgan fingerprint density at radius 1 is 1.07 bits per heavy atom. The van der Waals surface area contributed by atoms with Crippen LogP contribution in [0.5, 0.6) is 0 Å². The fraction of sp³-hybridized carbons (Fsp3) is 0.188. The van der Waals surface area contributed by atoms with Gasteiger partial charge in [-0.2, -0.15) is 0 Å². The van der Waals surface area contributed by atoms with E-state index in [9.17, 15) is 26.0 Å². The molecular formula is C16H17ClFN3O5S2. The zero-order valence-corrected chi connectivity index (χ0v) is 17.4. The van der Waals surface area contributed by atoms with Crippen LogP contribution < -0.4 is 10.0 Å². The molecule has 0 aliphatic carbocycles. The summed E-state index contributed by atoms with van der Waals surface area (Å²) in [5, 5.41) is 2.40. The highest BCUT2D eigenvalue weighted by atomic mass is 35.5. The minimum atomic E-state index is -3.87. The maximum atomic E-state index is 13.7. The smallest absolute Gasteiger partial charge is 0.255 e. The van der Waals surface area contributed by atoms with E-state index in [-0.39, 0.29) is 26.9 Å². The molecule has 12 heteroatoms. The first-order valence-corrected chi connectivity index (χ1v) is 11.3. The molecule has 0 saturated carbocycles. The molecule has 152 valence electrons. The summed E-state index contributed by atoms with van der Waals surface area (Å²) in [7, 11) is -4.94. The van der Waals surface area contributed by atoms with Crippen molar-refractivity contribution in [1.82, 2.24) is 4.31 Å². The van der Waals surface area contributed by atoms with Crippen LogP contribution in [0.2, 0.25) is 5.02 Å². The average Bonchev–Trinajstić information content (AvgIpc) is 2.56. The Hall–Kier alpha value is -2.21. The number of sulfonamides is 2. The third-order valence-corrected chi connectivity index (χ3v) is 6.36. The van der Waals surface area contributed by atoms with Crippen molar-refractivity contribution in [2.24, 2.45) is 0 Å². The molecule has 2 aromatic carbocycles. The second kappa shape index (κ2) is 8.03. The monoisotopic (exact) mass is 449 g/mol. The Morgan fingerprint density at radius 2 is 1.71 bits per heavy atom. The largest absolute Gasteiger partial charge is 0.322 e. The molecule has 0 bridgehead atoms. The molecule has 0 atom stereocenters. The molecule has 0 unspecified atom stereocenters. The third kappa shape index (κ3) is 5.19. The van der Waals surface area contributed by atoms with E-state index in [0.29, 0.717) is 0 Å². The number of amides is 1. The Bertz CT molecular complexity index is 1130. The standard InChI is InChI=1S/C16H17ClFN3O5S2/c1-21(2)28(25,26)15-8-10(4-6-12(15)17)16(22)19-11-5-7-13(18)14(9-11)20-27(3,23)24/h4-9,20H,1-3H3,(H,19,22). The van der Waals surface area contributed by atoms with Gasteiger partial charge in [0.05, 0.1) is 17.0 Å². The topological polar surface area (TPSA) is 113 Å². The quantitative estimate of drug-likeness (QED) is 0.702. The number of hydrogen-bond acceptors (Lipinski definition) is 5. The van der Waals surface area contributed by atoms with Crippen molar-refractivity contribution in [1.29, 1.82) is 0 Å². The van der Waals surface area contributed by atoms with Gasteiger partial charge < -0.3 is 5.32 Å². The van der Waals surface area contributed by atoms with Crippen LogP contribution in [0, 0.1) is 5.82 Å². The van der Waals surface area contributed by atoms with Gasteiger partial charge in [0.25, 0.3) is 5.91 Å². The van der Waals surface area contributed by atoms with Gasteiger partial charge in [-0.25, -0.2) is 25.5 Å². The van der Waals surface area contributed by atoms with E-state index in [1.807, 2.05) is 4.72 Å². The van der Waals surface area contributed by atoms with E-state index < -0.39 is 31.8 Å². The summed E-state index contributed by atoms with van der Waals surface area (Å²) >= 11 is 5.95. The van der Waals surface area contributed by atoms with Crippen molar-refractivity contribution in [2.45, 2.75) is 4.90 Å². The van der Waals surface area contributed by atoms with Gasteiger partial charge in [-0.3, -0.25) is 9.52 Å². The summed E-state index contributed by atoms with van der Waals surface area (Å²) in [6.07, 6.45) is 0.859. The van der Waals surface area contributed by atoms with Gasteiger partial charge in [-0.15, -0.1) is 0 Å². The molecule has 2 aromatic rings. The van der Waals surface area contributed by atoms with E-state index >= 15 is 0 Å². The molecule has 28 heavy (non-hydrogen) atoms. The van der Waals surface area contributed by atoms with Crippen molar-refractivity contribution in [2.75, 3.05) is 30.4 Å². The van der Waals surface area contributed by atoms with E-state index in [4.69, 9.17) is 11.6 Å². The number of rotatable bonds is 6. The lowest BCUT2D eigenvalue weighted by molar-refractivity contribution is 0.102. The number of anilines is 2. The first-order chi connectivity index (χ1) is 12.8. The first-order valence-electron chi connectivity index (χ1n) is 7.62. The highest BCUT2D eigenvalue weighted by Gasteiger charge is 2.22. The highest BCUT2D eigenvalue weighted by Crippen LogP contribution is 2.26. The molecule has 0 aliphatic heterocycles. The third-order valence-electron chi connectivity index (χ3n) is 3.47. The van der Waals surface area contributed by atoms with E-state index in [0.717, 1.165) is 28.8 Å². The molecular weight excluding hydrogens is 433 g/mol. The summed E-state index contributed by atoms with van der Waals surface area (Å²) in [5.74, 6) is -1.52. The Balaban J connectivity index is 2.35. The lowest BCUT2D eigenvalue weighted by atomic mass is 10.2. The van der Waals surface area contributed by atoms with Crippen molar-refractivity contribution in [3.05, 3.63) is 52.8 Å². The van der Waals surface area contributed by atoms with Gasteiger partial charge in [0.1, 0.15) is 10.7 Å². The minimum absolute atomic E-state index is 0.00762. The molecule has 8 nitrogen and oxygen atoms in total. The summed E-state index contributed by atoms with van der Waals surface area (Å²) < 4.78 is 63.9. The van der Waals surface area contributed by atoms with Crippen molar-refractivity contribution in [3.8, 4) is 0 Å². The molecule has 0 spiro atoms. The van der Waals surface area contributed by atoms with Gasteiger partial charge in [0, 0.05) is 25.3 Å². The normalized spacial score (nSPS) is 12.1. The van der Waals surface area contributed by atoms with Crippen LogP contribution in [0.15, 0.2) is 41.3 Å². The second-order valence-corrected chi connectivity index (χ2v) is 10.2. The molecule has 0 aromatic heterocycles. The summed E-state index contributed by atoms with van der Waals surface area (Å²) in [4.78, 5) is 12.2. The minimum Gasteiger partial charge on any atom is -0.322 e. The molecule has 1 amide bonds. The van der Waals surface area contributed by atoms with Crippen LogP contribution in [-0.4, -0.2) is 47.4 Å². The molecule has 0 fully saturated rings. The van der Waals surface area contributed by atoms with E-state index in [2.05, 4.69) is 5.32 Å². The van der Waals surface area contributed by atoms with Crippen LogP contribution in [0.1, 0.15) is 10.4 Å². The maximum absolute atomic E-state index is 13.7. The zero-order chi connectivity index (χ0) is 21.3. The highest BCUT2D eigenvalue weighted by molar-refractivity contribution is 7.92. The predicted octanol–water partition coefficient (Wildman–Crippen LogP) is 2.35. The molecule has 0 saturated heterocycles. The van der Waals surface area contributed by atoms with Crippen molar-refractivity contribution < 1.29 is 26.0 Å². The maximum Gasteiger partial charge on any atom is 0.255 e. The van der Waals surface area contributed by atoms with Crippen LogP contribution >= 0.6 is 11.6 Å². The van der Waals surface area contributed by atoms with Gasteiger partial charge in [0.2, 0.25) is 20.0 Å². The lowest BCUT2D eigenvalue weighted by Gasteiger charge is -2.14. The molecule has 2 rings (SSSR count). The average molecular weight is 450 g/mol. The van der Waals surface area contributed by atoms with E-state index in [1.165, 1.54) is 32.3 Å².